The number of benzene rings is 2. The van der Waals surface area contributed by atoms with Crippen molar-refractivity contribution in [3.05, 3.63) is 64.4 Å². The fraction of sp³-hybridized carbons (Fsp3) is 0.118. The summed E-state index contributed by atoms with van der Waals surface area (Å²) in [7, 11) is 1.52. The fourth-order valence-electron chi connectivity index (χ4n) is 2.32. The number of aromatic nitrogens is 2. The Morgan fingerprint density at radius 2 is 1.65 bits per heavy atom. The fourth-order valence-corrected chi connectivity index (χ4v) is 2.32. The molecule has 0 radical (unpaired) electrons. The molecule has 0 amide bonds. The lowest BCUT2D eigenvalue weighted by molar-refractivity contribution is -0.137. The van der Waals surface area contributed by atoms with E-state index in [1.165, 1.54) is 25.3 Å². The Balaban J connectivity index is 2.00. The molecule has 0 saturated heterocycles. The van der Waals surface area contributed by atoms with Gasteiger partial charge in [0.1, 0.15) is 5.75 Å². The van der Waals surface area contributed by atoms with E-state index in [0.717, 1.165) is 6.07 Å². The van der Waals surface area contributed by atoms with Gasteiger partial charge in [0, 0.05) is 5.56 Å². The van der Waals surface area contributed by atoms with Gasteiger partial charge in [-0.15, -0.1) is 10.2 Å². The average molecular weight is 362 g/mol. The minimum absolute atomic E-state index is 0.118. The second kappa shape index (κ2) is 6.87. The van der Waals surface area contributed by atoms with Gasteiger partial charge in [-0.1, -0.05) is 12.1 Å². The Hall–Kier alpha value is -3.36. The molecule has 0 bridgehead atoms. The number of nitrogens with zero attached hydrogens (tertiary/aromatic N) is 2. The van der Waals surface area contributed by atoms with Gasteiger partial charge in [-0.25, -0.2) is 0 Å². The first-order chi connectivity index (χ1) is 12.4. The van der Waals surface area contributed by atoms with Crippen LogP contribution in [0.2, 0.25) is 0 Å². The molecule has 1 heterocycles. The number of ether oxygens (including phenoxy) is 1. The SMILES string of the molecule is COc1ccc(-c2[nH][nH]c(=O)c2N=Nc2ccccc2C(F)(F)F)cc1. The van der Waals surface area contributed by atoms with E-state index in [1.54, 1.807) is 24.3 Å². The molecule has 3 aromatic rings. The van der Waals surface area contributed by atoms with Gasteiger partial charge in [0.2, 0.25) is 0 Å². The molecule has 9 heteroatoms. The van der Waals surface area contributed by atoms with Crippen LogP contribution in [0, 0.1) is 0 Å². The normalized spacial score (nSPS) is 11.8. The highest BCUT2D eigenvalue weighted by Crippen LogP contribution is 2.37. The van der Waals surface area contributed by atoms with Gasteiger partial charge in [-0.2, -0.15) is 13.2 Å². The molecular weight excluding hydrogens is 349 g/mol. The summed E-state index contributed by atoms with van der Waals surface area (Å²) >= 11 is 0. The van der Waals surface area contributed by atoms with Crippen molar-refractivity contribution < 1.29 is 17.9 Å². The minimum Gasteiger partial charge on any atom is -0.497 e. The Bertz CT molecular complexity index is 988. The molecule has 2 aromatic carbocycles. The summed E-state index contributed by atoms with van der Waals surface area (Å²) in [4.78, 5) is 12.0. The van der Waals surface area contributed by atoms with Crippen LogP contribution in [0.3, 0.4) is 0 Å². The lowest BCUT2D eigenvalue weighted by atomic mass is 10.1. The zero-order valence-corrected chi connectivity index (χ0v) is 13.5. The van der Waals surface area contributed by atoms with Crippen LogP contribution in [-0.4, -0.2) is 17.3 Å². The van der Waals surface area contributed by atoms with Gasteiger partial charge in [-0.3, -0.25) is 15.0 Å². The maximum absolute atomic E-state index is 13.0. The third-order valence-electron chi connectivity index (χ3n) is 3.60. The van der Waals surface area contributed by atoms with Crippen molar-refractivity contribution >= 4 is 11.4 Å². The first-order valence-electron chi connectivity index (χ1n) is 7.43. The zero-order chi connectivity index (χ0) is 18.7. The van der Waals surface area contributed by atoms with Crippen LogP contribution in [0.5, 0.6) is 5.75 Å². The van der Waals surface area contributed by atoms with Crippen LogP contribution < -0.4 is 10.3 Å². The number of azo groups is 1. The van der Waals surface area contributed by atoms with Crippen molar-refractivity contribution in [2.75, 3.05) is 7.11 Å². The second-order valence-corrected chi connectivity index (χ2v) is 5.25. The molecular formula is C17H13F3N4O2. The molecule has 0 saturated carbocycles. The number of alkyl halides is 3. The Morgan fingerprint density at radius 1 is 0.962 bits per heavy atom. The van der Waals surface area contributed by atoms with Crippen LogP contribution in [0.4, 0.5) is 24.5 Å². The Kier molecular flexibility index (Phi) is 4.61. The predicted octanol–water partition coefficient (Wildman–Crippen LogP) is 4.81. The molecule has 26 heavy (non-hydrogen) atoms. The molecule has 0 atom stereocenters. The molecule has 0 unspecified atom stereocenters. The summed E-state index contributed by atoms with van der Waals surface area (Å²) < 4.78 is 44.1. The molecule has 0 aliphatic heterocycles. The van der Waals surface area contributed by atoms with E-state index in [9.17, 15) is 18.0 Å². The van der Waals surface area contributed by atoms with Gasteiger partial charge in [-0.05, 0) is 36.4 Å². The van der Waals surface area contributed by atoms with Crippen molar-refractivity contribution in [3.8, 4) is 17.0 Å². The summed E-state index contributed by atoms with van der Waals surface area (Å²) in [6.07, 6.45) is -4.57. The molecule has 0 aliphatic carbocycles. The smallest absolute Gasteiger partial charge is 0.418 e. The number of hydrogen-bond donors (Lipinski definition) is 2. The number of nitrogens with one attached hydrogen (secondary N) is 2. The molecule has 0 aliphatic rings. The molecule has 3 rings (SSSR count). The van der Waals surface area contributed by atoms with E-state index >= 15 is 0 Å². The van der Waals surface area contributed by atoms with Crippen LogP contribution >= 0.6 is 0 Å². The summed E-state index contributed by atoms with van der Waals surface area (Å²) in [5.41, 5.74) is -1.10. The van der Waals surface area contributed by atoms with Gasteiger partial charge in [0.25, 0.3) is 5.56 Å². The predicted molar refractivity (Wildman–Crippen MR) is 89.0 cm³/mol. The van der Waals surface area contributed by atoms with E-state index in [1.807, 2.05) is 0 Å². The van der Waals surface area contributed by atoms with Crippen LogP contribution in [0.25, 0.3) is 11.3 Å². The highest BCUT2D eigenvalue weighted by molar-refractivity contribution is 5.71. The van der Waals surface area contributed by atoms with Gasteiger partial charge in [0.15, 0.2) is 5.69 Å². The average Bonchev–Trinajstić information content (AvgIpc) is 3.00. The summed E-state index contributed by atoms with van der Waals surface area (Å²) in [6, 6.07) is 11.5. The van der Waals surface area contributed by atoms with E-state index in [4.69, 9.17) is 4.74 Å². The third kappa shape index (κ3) is 3.51. The maximum Gasteiger partial charge on any atom is 0.418 e. The molecule has 0 spiro atoms. The monoisotopic (exact) mass is 362 g/mol. The van der Waals surface area contributed by atoms with Gasteiger partial charge < -0.3 is 4.74 Å². The van der Waals surface area contributed by atoms with E-state index in [0.29, 0.717) is 17.0 Å². The Labute approximate surface area is 145 Å². The molecule has 6 nitrogen and oxygen atoms in total. The highest BCUT2D eigenvalue weighted by Gasteiger charge is 2.33. The number of aromatic amines is 2. The van der Waals surface area contributed by atoms with Crippen molar-refractivity contribution in [1.82, 2.24) is 10.2 Å². The van der Waals surface area contributed by atoms with Crippen molar-refractivity contribution in [1.29, 1.82) is 0 Å². The molecule has 0 fully saturated rings. The summed E-state index contributed by atoms with van der Waals surface area (Å²) in [5.74, 6) is 0.619. The number of halogens is 3. The lowest BCUT2D eigenvalue weighted by Crippen LogP contribution is -2.04. The summed E-state index contributed by atoms with van der Waals surface area (Å²) in [5, 5.41) is 12.4. The van der Waals surface area contributed by atoms with Gasteiger partial charge in [0.05, 0.1) is 24.1 Å². The molecule has 134 valence electrons. The summed E-state index contributed by atoms with van der Waals surface area (Å²) in [6.45, 7) is 0. The number of hydrogen-bond acceptors (Lipinski definition) is 4. The number of rotatable bonds is 4. The third-order valence-corrected chi connectivity index (χ3v) is 3.60. The Morgan fingerprint density at radius 3 is 2.31 bits per heavy atom. The van der Waals surface area contributed by atoms with Crippen molar-refractivity contribution in [2.45, 2.75) is 6.18 Å². The quantitative estimate of drug-likeness (QED) is 0.653. The van der Waals surface area contributed by atoms with E-state index in [-0.39, 0.29) is 11.4 Å². The van der Waals surface area contributed by atoms with Crippen LogP contribution in [0.1, 0.15) is 5.56 Å². The minimum atomic E-state index is -4.57. The lowest BCUT2D eigenvalue weighted by Gasteiger charge is -2.08. The first kappa shape index (κ1) is 17.5. The van der Waals surface area contributed by atoms with E-state index in [2.05, 4.69) is 20.4 Å². The van der Waals surface area contributed by atoms with Crippen molar-refractivity contribution in [3.63, 3.8) is 0 Å². The first-order valence-corrected chi connectivity index (χ1v) is 7.43. The molecule has 1 aromatic heterocycles. The van der Waals surface area contributed by atoms with Crippen LogP contribution in [-0.2, 0) is 6.18 Å². The van der Waals surface area contributed by atoms with Gasteiger partial charge >= 0.3 is 6.18 Å². The van der Waals surface area contributed by atoms with Crippen LogP contribution in [0.15, 0.2) is 63.6 Å². The second-order valence-electron chi connectivity index (χ2n) is 5.25. The topological polar surface area (TPSA) is 82.6 Å². The number of methoxy groups -OCH3 is 1. The zero-order valence-electron chi connectivity index (χ0n) is 13.5. The highest BCUT2D eigenvalue weighted by atomic mass is 19.4. The maximum atomic E-state index is 13.0. The molecule has 2 N–H and O–H groups in total. The van der Waals surface area contributed by atoms with E-state index < -0.39 is 17.3 Å². The largest absolute Gasteiger partial charge is 0.497 e. The number of H-pyrrole nitrogens is 2. The van der Waals surface area contributed by atoms with Crippen molar-refractivity contribution in [2.24, 2.45) is 10.2 Å². The standard InChI is InChI=1S/C17H13F3N4O2/c1-26-11-8-6-10(7-9-11)14-15(16(25)24-22-14)23-21-13-5-3-2-4-12(13)17(18,19)20/h2-9H,1H3,(H2,22,24,25).